The Morgan fingerprint density at radius 3 is 2.32 bits per heavy atom. The van der Waals surface area contributed by atoms with Crippen LogP contribution in [0.5, 0.6) is 0 Å². The minimum atomic E-state index is -0.544. The number of aromatic nitrogens is 2. The Morgan fingerprint density at radius 2 is 1.71 bits per heavy atom. The molecule has 0 fully saturated rings. The van der Waals surface area contributed by atoms with E-state index in [-0.39, 0.29) is 18.4 Å². The molecule has 0 unspecified atom stereocenters. The first-order valence-corrected chi connectivity index (χ1v) is 10.4. The topological polar surface area (TPSA) is 67.2 Å². The van der Waals surface area contributed by atoms with Gasteiger partial charge in [0, 0.05) is 41.4 Å². The van der Waals surface area contributed by atoms with Gasteiger partial charge in [0.15, 0.2) is 0 Å². The van der Waals surface area contributed by atoms with Crippen LogP contribution in [-0.2, 0) is 16.1 Å². The van der Waals surface area contributed by atoms with Crippen LogP contribution in [0.3, 0.4) is 0 Å². The molecule has 0 saturated heterocycles. The van der Waals surface area contributed by atoms with Gasteiger partial charge >= 0.3 is 0 Å². The number of amides is 2. The van der Waals surface area contributed by atoms with E-state index in [4.69, 9.17) is 16.7 Å². The van der Waals surface area contributed by atoms with Crippen molar-refractivity contribution in [1.82, 2.24) is 20.0 Å². The fourth-order valence-corrected chi connectivity index (χ4v) is 3.11. The molecule has 0 spiro atoms. The predicted molar refractivity (Wildman–Crippen MR) is 123 cm³/mol. The zero-order chi connectivity index (χ0) is 22.6. The standard InChI is InChI=1S/C24H27ClN4O2/c1-24(2,3)23(31)26-14-21(30)28(4)15-18-16-29(20-8-6-5-7-9-20)27-22(18)17-10-12-19(25)13-11-17/h5-13,16H,14-15H2,1-4H3,(H,26,31). The van der Waals surface area contributed by atoms with E-state index in [2.05, 4.69) is 5.32 Å². The molecule has 2 amide bonds. The quantitative estimate of drug-likeness (QED) is 0.623. The number of halogens is 1. The first-order valence-electron chi connectivity index (χ1n) is 10.1. The maximum atomic E-state index is 12.6. The zero-order valence-electron chi connectivity index (χ0n) is 18.2. The molecule has 2 aromatic carbocycles. The number of hydrogen-bond acceptors (Lipinski definition) is 3. The Kier molecular flexibility index (Phi) is 6.81. The molecular formula is C24H27ClN4O2. The summed E-state index contributed by atoms with van der Waals surface area (Å²) in [5.74, 6) is -0.333. The van der Waals surface area contributed by atoms with E-state index < -0.39 is 5.41 Å². The highest BCUT2D eigenvalue weighted by Crippen LogP contribution is 2.26. The lowest BCUT2D eigenvalue weighted by Gasteiger charge is -2.20. The minimum Gasteiger partial charge on any atom is -0.347 e. The van der Waals surface area contributed by atoms with Crippen molar-refractivity contribution in [2.75, 3.05) is 13.6 Å². The average molecular weight is 439 g/mol. The molecule has 0 aliphatic heterocycles. The minimum absolute atomic E-state index is 0.0459. The lowest BCUT2D eigenvalue weighted by atomic mass is 9.96. The van der Waals surface area contributed by atoms with Crippen LogP contribution in [0.1, 0.15) is 26.3 Å². The first kappa shape index (κ1) is 22.6. The summed E-state index contributed by atoms with van der Waals surface area (Å²) in [7, 11) is 1.72. The van der Waals surface area contributed by atoms with Gasteiger partial charge in [0.05, 0.1) is 17.9 Å². The number of nitrogens with zero attached hydrogens (tertiary/aromatic N) is 3. The predicted octanol–water partition coefficient (Wildman–Crippen LogP) is 4.31. The number of para-hydroxylation sites is 1. The Hall–Kier alpha value is -3.12. The van der Waals surface area contributed by atoms with E-state index in [1.807, 2.05) is 81.6 Å². The molecule has 1 aromatic heterocycles. The van der Waals surface area contributed by atoms with Crippen molar-refractivity contribution in [3.05, 3.63) is 71.4 Å². The molecule has 31 heavy (non-hydrogen) atoms. The SMILES string of the molecule is CN(Cc1cn(-c2ccccc2)nc1-c1ccc(Cl)cc1)C(=O)CNC(=O)C(C)(C)C. The van der Waals surface area contributed by atoms with Gasteiger partial charge in [-0.25, -0.2) is 4.68 Å². The van der Waals surface area contributed by atoms with Gasteiger partial charge < -0.3 is 10.2 Å². The van der Waals surface area contributed by atoms with E-state index in [1.165, 1.54) is 0 Å². The third-order valence-electron chi connectivity index (χ3n) is 4.84. The highest BCUT2D eigenvalue weighted by molar-refractivity contribution is 6.30. The summed E-state index contributed by atoms with van der Waals surface area (Å²) in [4.78, 5) is 26.3. The third kappa shape index (κ3) is 5.73. The summed E-state index contributed by atoms with van der Waals surface area (Å²) in [6, 6.07) is 17.3. The van der Waals surface area contributed by atoms with Crippen LogP contribution in [-0.4, -0.2) is 40.1 Å². The maximum Gasteiger partial charge on any atom is 0.242 e. The summed E-state index contributed by atoms with van der Waals surface area (Å²) in [5.41, 5.74) is 2.96. The highest BCUT2D eigenvalue weighted by atomic mass is 35.5. The Labute approximate surface area is 187 Å². The van der Waals surface area contributed by atoms with Crippen molar-refractivity contribution in [3.8, 4) is 16.9 Å². The molecule has 1 heterocycles. The van der Waals surface area contributed by atoms with Gasteiger partial charge in [-0.15, -0.1) is 0 Å². The Bertz CT molecular complexity index is 1050. The van der Waals surface area contributed by atoms with Crippen LogP contribution in [0.25, 0.3) is 16.9 Å². The number of carbonyl (C=O) groups excluding carboxylic acids is 2. The van der Waals surface area contributed by atoms with Crippen molar-refractivity contribution in [2.45, 2.75) is 27.3 Å². The summed E-state index contributed by atoms with van der Waals surface area (Å²) < 4.78 is 1.80. The van der Waals surface area contributed by atoms with Crippen molar-refractivity contribution in [1.29, 1.82) is 0 Å². The van der Waals surface area contributed by atoms with Crippen LogP contribution in [0, 0.1) is 5.41 Å². The van der Waals surface area contributed by atoms with Crippen molar-refractivity contribution < 1.29 is 9.59 Å². The first-order chi connectivity index (χ1) is 14.6. The summed E-state index contributed by atoms with van der Waals surface area (Å²) >= 11 is 6.05. The molecule has 0 atom stereocenters. The molecule has 0 aliphatic rings. The molecule has 162 valence electrons. The van der Waals surface area contributed by atoms with Gasteiger partial charge in [-0.1, -0.05) is 62.7 Å². The van der Waals surface area contributed by atoms with Gasteiger partial charge in [0.1, 0.15) is 0 Å². The Morgan fingerprint density at radius 1 is 1.06 bits per heavy atom. The normalized spacial score (nSPS) is 11.3. The molecule has 6 nitrogen and oxygen atoms in total. The molecule has 0 saturated carbocycles. The second kappa shape index (κ2) is 9.35. The number of nitrogens with one attached hydrogen (secondary N) is 1. The smallest absolute Gasteiger partial charge is 0.242 e. The van der Waals surface area contributed by atoms with E-state index in [1.54, 1.807) is 16.6 Å². The van der Waals surface area contributed by atoms with Crippen LogP contribution in [0.15, 0.2) is 60.8 Å². The second-order valence-corrected chi connectivity index (χ2v) is 8.91. The van der Waals surface area contributed by atoms with Gasteiger partial charge in [-0.2, -0.15) is 5.10 Å². The molecule has 0 aliphatic carbocycles. The number of benzene rings is 2. The van der Waals surface area contributed by atoms with Crippen LogP contribution in [0.2, 0.25) is 5.02 Å². The van der Waals surface area contributed by atoms with E-state index in [0.29, 0.717) is 11.6 Å². The molecule has 0 radical (unpaired) electrons. The van der Waals surface area contributed by atoms with Crippen molar-refractivity contribution in [3.63, 3.8) is 0 Å². The van der Waals surface area contributed by atoms with Gasteiger partial charge in [0.25, 0.3) is 0 Å². The molecular weight excluding hydrogens is 412 g/mol. The summed E-state index contributed by atoms with van der Waals surface area (Å²) in [6.07, 6.45) is 1.93. The van der Waals surface area contributed by atoms with Crippen LogP contribution < -0.4 is 5.32 Å². The van der Waals surface area contributed by atoms with E-state index in [0.717, 1.165) is 22.5 Å². The second-order valence-electron chi connectivity index (χ2n) is 8.47. The molecule has 0 bridgehead atoms. The molecule has 1 N–H and O–H groups in total. The van der Waals surface area contributed by atoms with Crippen LogP contribution in [0.4, 0.5) is 0 Å². The fourth-order valence-electron chi connectivity index (χ4n) is 2.99. The summed E-state index contributed by atoms with van der Waals surface area (Å²) in [5, 5.41) is 8.12. The molecule has 7 heteroatoms. The van der Waals surface area contributed by atoms with Crippen molar-refractivity contribution >= 4 is 23.4 Å². The number of rotatable bonds is 6. The maximum absolute atomic E-state index is 12.6. The van der Waals surface area contributed by atoms with E-state index >= 15 is 0 Å². The summed E-state index contributed by atoms with van der Waals surface area (Å²) in [6.45, 7) is 5.75. The lowest BCUT2D eigenvalue weighted by molar-refractivity contribution is -0.134. The fraction of sp³-hybridized carbons (Fsp3) is 0.292. The molecule has 3 rings (SSSR count). The van der Waals surface area contributed by atoms with Crippen LogP contribution >= 0.6 is 11.6 Å². The Balaban J connectivity index is 1.83. The highest BCUT2D eigenvalue weighted by Gasteiger charge is 2.23. The van der Waals surface area contributed by atoms with Gasteiger partial charge in [-0.3, -0.25) is 9.59 Å². The number of hydrogen-bond donors (Lipinski definition) is 1. The van der Waals surface area contributed by atoms with Gasteiger partial charge in [-0.05, 0) is 24.3 Å². The zero-order valence-corrected chi connectivity index (χ0v) is 19.0. The molecule has 3 aromatic rings. The average Bonchev–Trinajstić information content (AvgIpc) is 3.15. The van der Waals surface area contributed by atoms with Gasteiger partial charge in [0.2, 0.25) is 11.8 Å². The number of likely N-dealkylation sites (N-methyl/N-ethyl adjacent to an activating group) is 1. The largest absolute Gasteiger partial charge is 0.347 e. The monoisotopic (exact) mass is 438 g/mol. The van der Waals surface area contributed by atoms with Crippen molar-refractivity contribution in [2.24, 2.45) is 5.41 Å². The van der Waals surface area contributed by atoms with E-state index in [9.17, 15) is 9.59 Å². The lowest BCUT2D eigenvalue weighted by Crippen LogP contribution is -2.42. The number of carbonyl (C=O) groups is 2. The third-order valence-corrected chi connectivity index (χ3v) is 5.10.